The van der Waals surface area contributed by atoms with Crippen LogP contribution in [0.3, 0.4) is 0 Å². The van der Waals surface area contributed by atoms with Crippen LogP contribution in [-0.2, 0) is 16.5 Å². The number of benzene rings is 3. The molecule has 0 N–H and O–H groups in total. The third-order valence-electron chi connectivity index (χ3n) is 4.35. The van der Waals surface area contributed by atoms with Crippen molar-refractivity contribution in [2.24, 2.45) is 0 Å². The van der Waals surface area contributed by atoms with Crippen molar-refractivity contribution in [2.75, 3.05) is 0 Å². The van der Waals surface area contributed by atoms with Crippen LogP contribution in [0.25, 0.3) is 11.1 Å². The first-order valence-electron chi connectivity index (χ1n) is 8.23. The van der Waals surface area contributed by atoms with Gasteiger partial charge in [-0.05, 0) is 41.0 Å². The second kappa shape index (κ2) is 6.56. The number of hydrogen-bond acceptors (Lipinski definition) is 4. The van der Waals surface area contributed by atoms with E-state index in [0.717, 1.165) is 22.4 Å². The zero-order valence-corrected chi connectivity index (χ0v) is 15.0. The molecule has 4 nitrogen and oxygen atoms in total. The number of hydrogen-bond donors (Lipinski definition) is 0. The monoisotopic (exact) mass is 406 g/mol. The summed E-state index contributed by atoms with van der Waals surface area (Å²) in [5.74, 6) is 1.08. The van der Waals surface area contributed by atoms with Crippen LogP contribution in [0.5, 0.6) is 17.2 Å². The van der Waals surface area contributed by atoms with Crippen LogP contribution in [0.15, 0.2) is 66.7 Å². The molecule has 4 rings (SSSR count). The van der Waals surface area contributed by atoms with Gasteiger partial charge >= 0.3 is 15.6 Å². The van der Waals surface area contributed by atoms with E-state index in [0.29, 0.717) is 17.7 Å². The number of ether oxygens (including phenoxy) is 1. The molecular formula is C20H13F3O4S. The summed E-state index contributed by atoms with van der Waals surface area (Å²) in [6.07, 6.45) is 0.641. The summed E-state index contributed by atoms with van der Waals surface area (Å²) >= 11 is 0. The summed E-state index contributed by atoms with van der Waals surface area (Å²) in [7, 11) is -5.70. The molecule has 1 heterocycles. The Hall–Kier alpha value is -3.00. The maximum Gasteiger partial charge on any atom is 0.534 e. The minimum absolute atomic E-state index is 0.410. The highest BCUT2D eigenvalue weighted by molar-refractivity contribution is 7.88. The average molecular weight is 406 g/mol. The molecule has 8 heteroatoms. The van der Waals surface area contributed by atoms with Gasteiger partial charge in [0.2, 0.25) is 0 Å². The van der Waals surface area contributed by atoms with Gasteiger partial charge in [0, 0.05) is 12.0 Å². The van der Waals surface area contributed by atoms with Gasteiger partial charge in [-0.25, -0.2) is 0 Å². The second-order valence-electron chi connectivity index (χ2n) is 6.18. The summed E-state index contributed by atoms with van der Waals surface area (Å²) in [5, 5.41) is 0. The maximum atomic E-state index is 12.4. The molecule has 1 aliphatic heterocycles. The zero-order valence-electron chi connectivity index (χ0n) is 14.2. The number of fused-ring (bicyclic) bond motifs is 2. The van der Waals surface area contributed by atoms with Crippen LogP contribution >= 0.6 is 0 Å². The number of alkyl halides is 3. The fourth-order valence-corrected chi connectivity index (χ4v) is 3.50. The molecule has 1 aliphatic rings. The Morgan fingerprint density at radius 3 is 2.25 bits per heavy atom. The van der Waals surface area contributed by atoms with Crippen molar-refractivity contribution in [1.29, 1.82) is 0 Å². The molecule has 0 radical (unpaired) electrons. The van der Waals surface area contributed by atoms with E-state index in [1.807, 2.05) is 42.5 Å². The SMILES string of the molecule is O=S(=O)(Oc1ccc(-c2cccc3c2Cc2ccccc2O3)cc1)C(F)(F)F. The van der Waals surface area contributed by atoms with Crippen LogP contribution in [0.4, 0.5) is 13.2 Å². The van der Waals surface area contributed by atoms with E-state index in [-0.39, 0.29) is 0 Å². The molecule has 0 fully saturated rings. The molecule has 3 aromatic carbocycles. The third-order valence-corrected chi connectivity index (χ3v) is 5.33. The quantitative estimate of drug-likeness (QED) is 0.343. The molecule has 0 aromatic heterocycles. The lowest BCUT2D eigenvalue weighted by Crippen LogP contribution is -2.28. The van der Waals surface area contributed by atoms with Crippen LogP contribution in [0.1, 0.15) is 11.1 Å². The standard InChI is InChI=1S/C20H13F3O4S/c21-20(22,23)28(24,25)27-15-10-8-13(9-11-15)16-5-3-7-19-17(16)12-14-4-1-2-6-18(14)26-19/h1-11H,12H2. The number of para-hydroxylation sites is 1. The van der Waals surface area contributed by atoms with Gasteiger partial charge in [-0.1, -0.05) is 42.5 Å². The smallest absolute Gasteiger partial charge is 0.457 e. The van der Waals surface area contributed by atoms with Crippen LogP contribution < -0.4 is 8.92 Å². The molecular weight excluding hydrogens is 393 g/mol. The Bertz CT molecular complexity index is 1140. The lowest BCUT2D eigenvalue weighted by atomic mass is 9.92. The van der Waals surface area contributed by atoms with Crippen LogP contribution in [0.2, 0.25) is 0 Å². The summed E-state index contributed by atoms with van der Waals surface area (Å²) in [4.78, 5) is 0. The Kier molecular flexibility index (Phi) is 4.30. The topological polar surface area (TPSA) is 52.6 Å². The lowest BCUT2D eigenvalue weighted by Gasteiger charge is -2.22. The highest BCUT2D eigenvalue weighted by Gasteiger charge is 2.48. The van der Waals surface area contributed by atoms with Gasteiger partial charge in [-0.3, -0.25) is 0 Å². The molecule has 0 atom stereocenters. The molecule has 0 saturated heterocycles. The van der Waals surface area contributed by atoms with Crippen LogP contribution in [0, 0.1) is 0 Å². The van der Waals surface area contributed by atoms with Gasteiger partial charge in [0.05, 0.1) is 0 Å². The molecule has 3 aromatic rings. The highest BCUT2D eigenvalue weighted by Crippen LogP contribution is 2.41. The Balaban J connectivity index is 1.65. The van der Waals surface area contributed by atoms with Crippen molar-refractivity contribution in [1.82, 2.24) is 0 Å². The third kappa shape index (κ3) is 3.31. The van der Waals surface area contributed by atoms with E-state index in [9.17, 15) is 21.6 Å². The summed E-state index contributed by atoms with van der Waals surface area (Å²) < 4.78 is 69.7. The van der Waals surface area contributed by atoms with Crippen molar-refractivity contribution in [2.45, 2.75) is 11.9 Å². The predicted molar refractivity (Wildman–Crippen MR) is 96.8 cm³/mol. The minimum Gasteiger partial charge on any atom is -0.457 e. The maximum absolute atomic E-state index is 12.4. The first-order valence-corrected chi connectivity index (χ1v) is 9.64. The Morgan fingerprint density at radius 2 is 1.54 bits per heavy atom. The average Bonchev–Trinajstić information content (AvgIpc) is 2.65. The van der Waals surface area contributed by atoms with Crippen molar-refractivity contribution >= 4 is 10.1 Å². The molecule has 144 valence electrons. The summed E-state index contributed by atoms with van der Waals surface area (Å²) in [5.41, 5.74) is -1.96. The largest absolute Gasteiger partial charge is 0.534 e. The molecule has 0 spiro atoms. The first-order chi connectivity index (χ1) is 13.2. The van der Waals surface area contributed by atoms with Crippen molar-refractivity contribution in [3.63, 3.8) is 0 Å². The normalized spacial score (nSPS) is 13.2. The van der Waals surface area contributed by atoms with Crippen molar-refractivity contribution in [3.8, 4) is 28.4 Å². The zero-order chi connectivity index (χ0) is 19.9. The van der Waals surface area contributed by atoms with Gasteiger partial charge in [0.15, 0.2) is 0 Å². The highest BCUT2D eigenvalue weighted by atomic mass is 32.2. The number of rotatable bonds is 3. The van der Waals surface area contributed by atoms with Gasteiger partial charge in [-0.2, -0.15) is 21.6 Å². The van der Waals surface area contributed by atoms with E-state index >= 15 is 0 Å². The van der Waals surface area contributed by atoms with Gasteiger partial charge in [0.1, 0.15) is 17.2 Å². The second-order valence-corrected chi connectivity index (χ2v) is 7.71. The first kappa shape index (κ1) is 18.4. The van der Waals surface area contributed by atoms with Gasteiger partial charge in [0.25, 0.3) is 0 Å². The molecule has 0 bridgehead atoms. The molecule has 0 unspecified atom stereocenters. The van der Waals surface area contributed by atoms with Crippen molar-refractivity contribution in [3.05, 3.63) is 77.9 Å². The lowest BCUT2D eigenvalue weighted by molar-refractivity contribution is -0.0500. The molecule has 0 aliphatic carbocycles. The van der Waals surface area contributed by atoms with E-state index in [2.05, 4.69) is 4.18 Å². The van der Waals surface area contributed by atoms with E-state index < -0.39 is 21.4 Å². The summed E-state index contributed by atoms with van der Waals surface area (Å²) in [6, 6.07) is 18.6. The number of halogens is 3. The molecule has 0 amide bonds. The van der Waals surface area contributed by atoms with E-state index in [1.54, 1.807) is 0 Å². The van der Waals surface area contributed by atoms with Crippen molar-refractivity contribution < 1.29 is 30.5 Å². The fraction of sp³-hybridized carbons (Fsp3) is 0.100. The molecule has 28 heavy (non-hydrogen) atoms. The summed E-state index contributed by atoms with van der Waals surface area (Å²) in [6.45, 7) is 0. The van der Waals surface area contributed by atoms with Crippen LogP contribution in [-0.4, -0.2) is 13.9 Å². The predicted octanol–water partition coefficient (Wildman–Crippen LogP) is 5.28. The van der Waals surface area contributed by atoms with Gasteiger partial charge in [-0.15, -0.1) is 0 Å². The van der Waals surface area contributed by atoms with Gasteiger partial charge < -0.3 is 8.92 Å². The van der Waals surface area contributed by atoms with E-state index in [1.165, 1.54) is 24.3 Å². The molecule has 0 saturated carbocycles. The Labute approximate surface area is 159 Å². The van der Waals surface area contributed by atoms with E-state index in [4.69, 9.17) is 4.74 Å². The Morgan fingerprint density at radius 1 is 0.857 bits per heavy atom. The minimum atomic E-state index is -5.70. The fourth-order valence-electron chi connectivity index (χ4n) is 3.04.